The van der Waals surface area contributed by atoms with Crippen molar-refractivity contribution in [2.45, 2.75) is 26.7 Å². The van der Waals surface area contributed by atoms with Crippen molar-refractivity contribution >= 4 is 11.6 Å². The molecule has 0 spiro atoms. The van der Waals surface area contributed by atoms with Crippen LogP contribution in [0.1, 0.15) is 37.0 Å². The Morgan fingerprint density at radius 3 is 2.58 bits per heavy atom. The fraction of sp³-hybridized carbons (Fsp3) is 0.632. The number of aliphatic hydroxyl groups is 1. The normalized spacial score (nSPS) is 15.7. The summed E-state index contributed by atoms with van der Waals surface area (Å²) in [4.78, 5) is 16.9. The first kappa shape index (κ1) is 18.6. The topological polar surface area (TPSA) is 53.0 Å². The lowest BCUT2D eigenvalue weighted by molar-refractivity contribution is 0.0779. The maximum absolute atomic E-state index is 12.9. The summed E-state index contributed by atoms with van der Waals surface area (Å²) in [6, 6.07) is 5.67. The summed E-state index contributed by atoms with van der Waals surface area (Å²) in [7, 11) is 3.50. The van der Waals surface area contributed by atoms with Gasteiger partial charge in [0.1, 0.15) is 5.75 Å². The Labute approximate surface area is 145 Å². The van der Waals surface area contributed by atoms with Crippen molar-refractivity contribution in [3.05, 3.63) is 23.8 Å². The van der Waals surface area contributed by atoms with Crippen molar-refractivity contribution in [3.8, 4) is 5.75 Å². The summed E-state index contributed by atoms with van der Waals surface area (Å²) in [5, 5.41) is 9.33. The van der Waals surface area contributed by atoms with Crippen LogP contribution in [0.15, 0.2) is 18.2 Å². The molecule has 1 aliphatic heterocycles. The van der Waals surface area contributed by atoms with Crippen LogP contribution in [0.25, 0.3) is 0 Å². The van der Waals surface area contributed by atoms with Crippen molar-refractivity contribution < 1.29 is 14.6 Å². The first-order chi connectivity index (χ1) is 11.5. The fourth-order valence-electron chi connectivity index (χ4n) is 3.27. The molecule has 24 heavy (non-hydrogen) atoms. The average Bonchev–Trinajstić information content (AvgIpc) is 2.60. The number of amides is 1. The van der Waals surface area contributed by atoms with Crippen LogP contribution >= 0.6 is 0 Å². The van der Waals surface area contributed by atoms with E-state index in [0.717, 1.165) is 49.5 Å². The molecule has 2 rings (SSSR count). The van der Waals surface area contributed by atoms with E-state index in [4.69, 9.17) is 4.74 Å². The number of hydrogen-bond acceptors (Lipinski definition) is 4. The largest absolute Gasteiger partial charge is 0.497 e. The number of carbonyl (C=O) groups is 1. The molecule has 1 saturated heterocycles. The van der Waals surface area contributed by atoms with Crippen molar-refractivity contribution in [3.63, 3.8) is 0 Å². The van der Waals surface area contributed by atoms with E-state index in [9.17, 15) is 9.90 Å². The number of nitrogens with zero attached hydrogens (tertiary/aromatic N) is 2. The maximum atomic E-state index is 12.9. The van der Waals surface area contributed by atoms with Crippen molar-refractivity contribution in [2.75, 3.05) is 45.3 Å². The third-order valence-electron chi connectivity index (χ3n) is 4.63. The smallest absolute Gasteiger partial charge is 0.255 e. The Bertz CT molecular complexity index is 552. The van der Waals surface area contributed by atoms with Crippen LogP contribution in [0.2, 0.25) is 0 Å². The summed E-state index contributed by atoms with van der Waals surface area (Å²) in [6.07, 6.45) is 1.90. The molecule has 1 aromatic carbocycles. The molecule has 134 valence electrons. The van der Waals surface area contributed by atoms with Crippen LogP contribution in [0.3, 0.4) is 0 Å². The molecule has 0 unspecified atom stereocenters. The number of piperidine rings is 1. The SMILES string of the molecule is COc1ccc(C(=O)N(C)CC(C)C)c(N2CCC(CO)CC2)c1. The van der Waals surface area contributed by atoms with E-state index in [1.165, 1.54) is 0 Å². The van der Waals surface area contributed by atoms with Gasteiger partial charge in [-0.3, -0.25) is 4.79 Å². The lowest BCUT2D eigenvalue weighted by atomic mass is 9.96. The predicted molar refractivity (Wildman–Crippen MR) is 96.8 cm³/mol. The van der Waals surface area contributed by atoms with E-state index in [2.05, 4.69) is 18.7 Å². The van der Waals surface area contributed by atoms with E-state index in [1.54, 1.807) is 12.0 Å². The zero-order valence-corrected chi connectivity index (χ0v) is 15.3. The number of methoxy groups -OCH3 is 1. The van der Waals surface area contributed by atoms with Crippen LogP contribution in [0, 0.1) is 11.8 Å². The summed E-state index contributed by atoms with van der Waals surface area (Å²) >= 11 is 0. The standard InChI is InChI=1S/C19H30N2O3/c1-14(2)12-20(3)19(23)17-6-5-16(24-4)11-18(17)21-9-7-15(13-22)8-10-21/h5-6,11,14-15,22H,7-10,12-13H2,1-4H3. The number of rotatable bonds is 6. The van der Waals surface area contributed by atoms with Crippen LogP contribution in [0.4, 0.5) is 5.69 Å². The van der Waals surface area contributed by atoms with E-state index < -0.39 is 0 Å². The van der Waals surface area contributed by atoms with E-state index in [-0.39, 0.29) is 12.5 Å². The Kier molecular flexibility index (Phi) is 6.49. The Morgan fingerprint density at radius 1 is 1.38 bits per heavy atom. The van der Waals surface area contributed by atoms with Crippen LogP contribution < -0.4 is 9.64 Å². The molecule has 1 aliphatic rings. The lowest BCUT2D eigenvalue weighted by Crippen LogP contribution is -2.37. The van der Waals surface area contributed by atoms with Gasteiger partial charge >= 0.3 is 0 Å². The molecule has 0 saturated carbocycles. The van der Waals surface area contributed by atoms with Gasteiger partial charge in [-0.25, -0.2) is 0 Å². The second kappa shape index (κ2) is 8.38. The fourth-order valence-corrected chi connectivity index (χ4v) is 3.27. The number of benzene rings is 1. The monoisotopic (exact) mass is 334 g/mol. The number of anilines is 1. The quantitative estimate of drug-likeness (QED) is 0.869. The van der Waals surface area contributed by atoms with Crippen LogP contribution in [0.5, 0.6) is 5.75 Å². The van der Waals surface area contributed by atoms with Gasteiger partial charge in [-0.1, -0.05) is 13.8 Å². The molecule has 1 heterocycles. The molecular weight excluding hydrogens is 304 g/mol. The summed E-state index contributed by atoms with van der Waals surface area (Å²) in [5.41, 5.74) is 1.66. The molecule has 1 aromatic rings. The zero-order chi connectivity index (χ0) is 17.7. The molecular formula is C19H30N2O3. The molecule has 1 fully saturated rings. The van der Waals surface area contributed by atoms with Crippen molar-refractivity contribution in [1.29, 1.82) is 0 Å². The Hall–Kier alpha value is -1.75. The Balaban J connectivity index is 2.26. The van der Waals surface area contributed by atoms with Gasteiger partial charge in [-0.05, 0) is 36.8 Å². The van der Waals surface area contributed by atoms with Crippen molar-refractivity contribution in [2.24, 2.45) is 11.8 Å². The van der Waals surface area contributed by atoms with Gasteiger partial charge in [0.2, 0.25) is 0 Å². The molecule has 0 atom stereocenters. The molecule has 5 heteroatoms. The molecule has 5 nitrogen and oxygen atoms in total. The summed E-state index contributed by atoms with van der Waals surface area (Å²) in [6.45, 7) is 6.90. The molecule has 1 N–H and O–H groups in total. The maximum Gasteiger partial charge on any atom is 0.255 e. The van der Waals surface area contributed by atoms with E-state index in [1.807, 2.05) is 25.2 Å². The highest BCUT2D eigenvalue weighted by molar-refractivity contribution is 6.00. The highest BCUT2D eigenvalue weighted by Gasteiger charge is 2.24. The van der Waals surface area contributed by atoms with Gasteiger partial charge in [0.15, 0.2) is 0 Å². The molecule has 0 bridgehead atoms. The molecule has 1 amide bonds. The lowest BCUT2D eigenvalue weighted by Gasteiger charge is -2.34. The first-order valence-corrected chi connectivity index (χ1v) is 8.75. The highest BCUT2D eigenvalue weighted by Crippen LogP contribution is 2.30. The molecule has 0 radical (unpaired) electrons. The zero-order valence-electron chi connectivity index (χ0n) is 15.3. The van der Waals surface area contributed by atoms with Gasteiger partial charge in [-0.2, -0.15) is 0 Å². The Morgan fingerprint density at radius 2 is 2.04 bits per heavy atom. The first-order valence-electron chi connectivity index (χ1n) is 8.75. The summed E-state index contributed by atoms with van der Waals surface area (Å²) < 4.78 is 5.36. The van der Waals surface area contributed by atoms with Crippen LogP contribution in [-0.4, -0.2) is 56.3 Å². The third-order valence-corrected chi connectivity index (χ3v) is 4.63. The number of carbonyl (C=O) groups excluding carboxylic acids is 1. The molecule has 0 aliphatic carbocycles. The van der Waals surface area contributed by atoms with E-state index >= 15 is 0 Å². The van der Waals surface area contributed by atoms with Gasteiger partial charge in [0.05, 0.1) is 18.4 Å². The highest BCUT2D eigenvalue weighted by atomic mass is 16.5. The number of aliphatic hydroxyl groups excluding tert-OH is 1. The second-order valence-corrected chi connectivity index (χ2v) is 7.08. The number of ether oxygens (including phenoxy) is 1. The minimum absolute atomic E-state index is 0.0469. The van der Waals surface area contributed by atoms with Crippen molar-refractivity contribution in [1.82, 2.24) is 4.90 Å². The van der Waals surface area contributed by atoms with Gasteiger partial charge in [0.25, 0.3) is 5.91 Å². The minimum atomic E-state index is 0.0469. The molecule has 0 aromatic heterocycles. The minimum Gasteiger partial charge on any atom is -0.497 e. The average molecular weight is 334 g/mol. The van der Waals surface area contributed by atoms with Crippen LogP contribution in [-0.2, 0) is 0 Å². The number of hydrogen-bond donors (Lipinski definition) is 1. The predicted octanol–water partition coefficient (Wildman–Crippen LogP) is 2.63. The van der Waals surface area contributed by atoms with Gasteiger partial charge in [-0.15, -0.1) is 0 Å². The van der Waals surface area contributed by atoms with Gasteiger partial charge < -0.3 is 19.6 Å². The van der Waals surface area contributed by atoms with Gasteiger partial charge in [0, 0.05) is 39.4 Å². The third kappa shape index (κ3) is 4.41. The second-order valence-electron chi connectivity index (χ2n) is 7.08. The van der Waals surface area contributed by atoms with E-state index in [0.29, 0.717) is 11.8 Å². The summed E-state index contributed by atoms with van der Waals surface area (Å²) in [5.74, 6) is 1.61.